The molecule has 1 rings (SSSR count). The van der Waals surface area contributed by atoms with E-state index in [2.05, 4.69) is 17.0 Å². The molecule has 0 aromatic heterocycles. The summed E-state index contributed by atoms with van der Waals surface area (Å²) in [6.45, 7) is 8.00. The Morgan fingerprint density at radius 2 is 1.15 bits per heavy atom. The molecule has 1 aromatic carbocycles. The molecule has 0 saturated carbocycles. The Morgan fingerprint density at radius 1 is 0.769 bits per heavy atom. The SMILES string of the molecule is CC.CC.CN(C)c1ccccc1. The Balaban J connectivity index is 0. The van der Waals surface area contributed by atoms with Crippen molar-refractivity contribution in [2.45, 2.75) is 27.7 Å². The number of nitrogens with zero attached hydrogens (tertiary/aromatic N) is 1. The molecule has 0 bridgehead atoms. The Hall–Kier alpha value is -0.980. The van der Waals surface area contributed by atoms with Gasteiger partial charge in [-0.05, 0) is 12.1 Å². The predicted octanol–water partition coefficient (Wildman–Crippen LogP) is 3.81. The van der Waals surface area contributed by atoms with Gasteiger partial charge in [-0.1, -0.05) is 45.9 Å². The lowest BCUT2D eigenvalue weighted by Crippen LogP contribution is -2.07. The number of rotatable bonds is 1. The summed E-state index contributed by atoms with van der Waals surface area (Å²) in [5, 5.41) is 0. The minimum Gasteiger partial charge on any atom is -0.378 e. The molecule has 0 atom stereocenters. The normalized spacial score (nSPS) is 7.23. The van der Waals surface area contributed by atoms with Crippen LogP contribution in [0.5, 0.6) is 0 Å². The predicted molar refractivity (Wildman–Crippen MR) is 63.5 cm³/mol. The maximum atomic E-state index is 2.08. The molecule has 0 unspecified atom stereocenters. The third kappa shape index (κ3) is 7.38. The summed E-state index contributed by atoms with van der Waals surface area (Å²) in [5.74, 6) is 0. The van der Waals surface area contributed by atoms with Gasteiger partial charge in [-0.2, -0.15) is 0 Å². The van der Waals surface area contributed by atoms with Crippen LogP contribution in [-0.4, -0.2) is 14.1 Å². The first-order valence-corrected chi connectivity index (χ1v) is 5.03. The summed E-state index contributed by atoms with van der Waals surface area (Å²) in [7, 11) is 4.07. The van der Waals surface area contributed by atoms with Gasteiger partial charge in [-0.3, -0.25) is 0 Å². The molecule has 0 amide bonds. The fourth-order valence-corrected chi connectivity index (χ4v) is 0.726. The summed E-state index contributed by atoms with van der Waals surface area (Å²) < 4.78 is 0. The second-order valence-corrected chi connectivity index (χ2v) is 2.23. The lowest BCUT2D eigenvalue weighted by molar-refractivity contribution is 1.13. The van der Waals surface area contributed by atoms with Gasteiger partial charge in [0.2, 0.25) is 0 Å². The first-order chi connectivity index (χ1) is 6.30. The number of hydrogen-bond acceptors (Lipinski definition) is 1. The minimum absolute atomic E-state index is 1.25. The molecule has 0 aliphatic carbocycles. The van der Waals surface area contributed by atoms with E-state index in [1.54, 1.807) is 0 Å². The van der Waals surface area contributed by atoms with Crippen LogP contribution in [0.2, 0.25) is 0 Å². The van der Waals surface area contributed by atoms with Crippen molar-refractivity contribution in [3.8, 4) is 0 Å². The van der Waals surface area contributed by atoms with Gasteiger partial charge in [0, 0.05) is 19.8 Å². The second kappa shape index (κ2) is 11.0. The lowest BCUT2D eigenvalue weighted by Gasteiger charge is -2.10. The molecule has 0 fully saturated rings. The topological polar surface area (TPSA) is 3.24 Å². The standard InChI is InChI=1S/C8H11N.2C2H6/c1-9(2)8-6-4-3-5-7-8;2*1-2/h3-7H,1-2H3;2*1-2H3. The van der Waals surface area contributed by atoms with Gasteiger partial charge in [0.25, 0.3) is 0 Å². The molecular formula is C12H23N. The summed E-state index contributed by atoms with van der Waals surface area (Å²) in [4.78, 5) is 2.08. The third-order valence-electron chi connectivity index (χ3n) is 1.27. The highest BCUT2D eigenvalue weighted by molar-refractivity contribution is 5.43. The van der Waals surface area contributed by atoms with Crippen molar-refractivity contribution in [3.63, 3.8) is 0 Å². The van der Waals surface area contributed by atoms with Crippen molar-refractivity contribution >= 4 is 5.69 Å². The van der Waals surface area contributed by atoms with E-state index in [4.69, 9.17) is 0 Å². The summed E-state index contributed by atoms with van der Waals surface area (Å²) in [5.41, 5.74) is 1.25. The number of anilines is 1. The Bertz CT molecular complexity index is 168. The van der Waals surface area contributed by atoms with E-state index in [0.717, 1.165) is 0 Å². The van der Waals surface area contributed by atoms with E-state index in [0.29, 0.717) is 0 Å². The maximum Gasteiger partial charge on any atom is 0.0360 e. The Labute approximate surface area is 83.4 Å². The van der Waals surface area contributed by atoms with Crippen molar-refractivity contribution in [2.75, 3.05) is 19.0 Å². The van der Waals surface area contributed by atoms with Crippen LogP contribution in [-0.2, 0) is 0 Å². The number of benzene rings is 1. The van der Waals surface area contributed by atoms with Crippen molar-refractivity contribution in [1.82, 2.24) is 0 Å². The molecule has 13 heavy (non-hydrogen) atoms. The zero-order chi connectivity index (χ0) is 10.7. The lowest BCUT2D eigenvalue weighted by atomic mass is 10.3. The van der Waals surface area contributed by atoms with Gasteiger partial charge in [0.05, 0.1) is 0 Å². The first kappa shape index (κ1) is 14.5. The second-order valence-electron chi connectivity index (χ2n) is 2.23. The molecule has 76 valence electrons. The monoisotopic (exact) mass is 181 g/mol. The molecule has 0 radical (unpaired) electrons. The van der Waals surface area contributed by atoms with Crippen LogP contribution in [0.4, 0.5) is 5.69 Å². The van der Waals surface area contributed by atoms with Crippen LogP contribution >= 0.6 is 0 Å². The van der Waals surface area contributed by atoms with Gasteiger partial charge in [0.1, 0.15) is 0 Å². The number of para-hydroxylation sites is 1. The molecule has 0 spiro atoms. The molecule has 1 nitrogen and oxygen atoms in total. The molecule has 0 aliphatic rings. The van der Waals surface area contributed by atoms with Gasteiger partial charge in [-0.15, -0.1) is 0 Å². The largest absolute Gasteiger partial charge is 0.378 e. The summed E-state index contributed by atoms with van der Waals surface area (Å²) in [6.07, 6.45) is 0. The maximum absolute atomic E-state index is 2.08. The minimum atomic E-state index is 1.25. The van der Waals surface area contributed by atoms with Crippen LogP contribution in [0.15, 0.2) is 30.3 Å². The highest BCUT2D eigenvalue weighted by atomic mass is 15.1. The first-order valence-electron chi connectivity index (χ1n) is 5.03. The van der Waals surface area contributed by atoms with E-state index in [9.17, 15) is 0 Å². The summed E-state index contributed by atoms with van der Waals surface area (Å²) >= 11 is 0. The average Bonchev–Trinajstić information content (AvgIpc) is 2.25. The van der Waals surface area contributed by atoms with Crippen LogP contribution in [0.3, 0.4) is 0 Å². The van der Waals surface area contributed by atoms with Crippen molar-refractivity contribution < 1.29 is 0 Å². The molecule has 0 heterocycles. The zero-order valence-corrected chi connectivity index (χ0v) is 9.83. The van der Waals surface area contributed by atoms with Crippen LogP contribution in [0, 0.1) is 0 Å². The highest BCUT2D eigenvalue weighted by Crippen LogP contribution is 2.07. The van der Waals surface area contributed by atoms with Crippen LogP contribution in [0.25, 0.3) is 0 Å². The van der Waals surface area contributed by atoms with Crippen LogP contribution < -0.4 is 4.90 Å². The number of hydrogen-bond donors (Lipinski definition) is 0. The Kier molecular flexibility index (Phi) is 12.3. The fourth-order valence-electron chi connectivity index (χ4n) is 0.726. The van der Waals surface area contributed by atoms with E-state index >= 15 is 0 Å². The van der Waals surface area contributed by atoms with Crippen molar-refractivity contribution in [2.24, 2.45) is 0 Å². The molecule has 0 aliphatic heterocycles. The molecular weight excluding hydrogens is 158 g/mol. The van der Waals surface area contributed by atoms with Gasteiger partial charge in [0.15, 0.2) is 0 Å². The van der Waals surface area contributed by atoms with E-state index in [1.807, 2.05) is 60.0 Å². The molecule has 1 heteroatoms. The van der Waals surface area contributed by atoms with Gasteiger partial charge in [-0.25, -0.2) is 0 Å². The molecule has 0 N–H and O–H groups in total. The fraction of sp³-hybridized carbons (Fsp3) is 0.500. The van der Waals surface area contributed by atoms with Crippen molar-refractivity contribution in [3.05, 3.63) is 30.3 Å². The third-order valence-corrected chi connectivity index (χ3v) is 1.27. The molecule has 1 aromatic rings. The zero-order valence-electron chi connectivity index (χ0n) is 9.83. The van der Waals surface area contributed by atoms with Gasteiger partial charge < -0.3 is 4.90 Å². The van der Waals surface area contributed by atoms with E-state index in [1.165, 1.54) is 5.69 Å². The average molecular weight is 181 g/mol. The van der Waals surface area contributed by atoms with E-state index < -0.39 is 0 Å². The van der Waals surface area contributed by atoms with Crippen molar-refractivity contribution in [1.29, 1.82) is 0 Å². The van der Waals surface area contributed by atoms with Crippen LogP contribution in [0.1, 0.15) is 27.7 Å². The molecule has 0 saturated heterocycles. The van der Waals surface area contributed by atoms with E-state index in [-0.39, 0.29) is 0 Å². The van der Waals surface area contributed by atoms with Gasteiger partial charge >= 0.3 is 0 Å². The Morgan fingerprint density at radius 3 is 1.38 bits per heavy atom. The quantitative estimate of drug-likeness (QED) is 0.637. The smallest absolute Gasteiger partial charge is 0.0360 e. The summed E-state index contributed by atoms with van der Waals surface area (Å²) in [6, 6.07) is 10.3. The highest BCUT2D eigenvalue weighted by Gasteiger charge is 1.87.